The summed E-state index contributed by atoms with van der Waals surface area (Å²) >= 11 is 6.41. The number of carbonyl (C=O) groups excluding carboxylic acids is 2. The molecule has 0 bridgehead atoms. The van der Waals surface area contributed by atoms with Crippen LogP contribution in [0.4, 0.5) is 0 Å². The predicted molar refractivity (Wildman–Crippen MR) is 96.2 cm³/mol. The van der Waals surface area contributed by atoms with Crippen molar-refractivity contribution in [1.82, 2.24) is 10.2 Å². The van der Waals surface area contributed by atoms with E-state index in [9.17, 15) is 9.59 Å². The fraction of sp³-hybridized carbons (Fsp3) is 0.579. The minimum atomic E-state index is -0.861. The summed E-state index contributed by atoms with van der Waals surface area (Å²) in [5.41, 5.74) is 0.00561. The van der Waals surface area contributed by atoms with E-state index in [-0.39, 0.29) is 23.8 Å². The maximum atomic E-state index is 12.9. The van der Waals surface area contributed by atoms with E-state index in [1.54, 1.807) is 0 Å². The van der Waals surface area contributed by atoms with Gasteiger partial charge in [0.1, 0.15) is 5.54 Å². The number of benzene rings is 1. The molecular formula is C19H25ClN2O3. The average Bonchev–Trinajstić information content (AvgIpc) is 3.39. The van der Waals surface area contributed by atoms with Gasteiger partial charge in [-0.2, -0.15) is 0 Å². The average molecular weight is 365 g/mol. The van der Waals surface area contributed by atoms with Crippen LogP contribution in [0.1, 0.15) is 37.8 Å². The molecule has 2 fully saturated rings. The minimum Gasteiger partial charge on any atom is -0.468 e. The van der Waals surface area contributed by atoms with Crippen molar-refractivity contribution in [2.75, 3.05) is 20.7 Å². The lowest BCUT2D eigenvalue weighted by Crippen LogP contribution is -2.47. The molecule has 1 heterocycles. The molecule has 3 atom stereocenters. The van der Waals surface area contributed by atoms with Crippen LogP contribution in [0, 0.1) is 11.8 Å². The molecule has 1 aliphatic carbocycles. The van der Waals surface area contributed by atoms with Crippen molar-refractivity contribution >= 4 is 23.5 Å². The van der Waals surface area contributed by atoms with Crippen LogP contribution in [-0.4, -0.2) is 43.0 Å². The summed E-state index contributed by atoms with van der Waals surface area (Å²) in [6.45, 7) is 2.54. The number of methoxy groups -OCH3 is 1. The summed E-state index contributed by atoms with van der Waals surface area (Å²) in [6, 6.07) is 7.24. The number of rotatable bonds is 5. The third-order valence-corrected chi connectivity index (χ3v) is 5.99. The highest BCUT2D eigenvalue weighted by Gasteiger charge is 2.55. The van der Waals surface area contributed by atoms with Gasteiger partial charge in [-0.15, -0.1) is 0 Å². The Labute approximate surface area is 153 Å². The maximum absolute atomic E-state index is 12.9. The molecule has 1 aliphatic heterocycles. The molecule has 2 aliphatic rings. The number of ether oxygens (including phenoxy) is 1. The van der Waals surface area contributed by atoms with E-state index in [2.05, 4.69) is 5.32 Å². The number of nitrogens with zero attached hydrogens (tertiary/aromatic N) is 1. The Morgan fingerprint density at radius 1 is 1.36 bits per heavy atom. The minimum absolute atomic E-state index is 0.0173. The molecule has 1 aromatic carbocycles. The monoisotopic (exact) mass is 364 g/mol. The SMILES string of the molecule is COC(=O)[C@@]1(C)C[C@@H](C(=O)NCC2CC2)[C@@H](c2ccccc2Cl)N1C. The van der Waals surface area contributed by atoms with Gasteiger partial charge in [0.25, 0.3) is 0 Å². The van der Waals surface area contributed by atoms with Crippen molar-refractivity contribution in [2.24, 2.45) is 11.8 Å². The molecule has 3 rings (SSSR count). The van der Waals surface area contributed by atoms with Gasteiger partial charge in [-0.3, -0.25) is 14.5 Å². The number of likely N-dealkylation sites (tertiary alicyclic amines) is 1. The summed E-state index contributed by atoms with van der Waals surface area (Å²) in [5, 5.41) is 3.67. The molecule has 1 saturated carbocycles. The van der Waals surface area contributed by atoms with Crippen molar-refractivity contribution in [1.29, 1.82) is 0 Å². The van der Waals surface area contributed by atoms with Crippen LogP contribution in [0.2, 0.25) is 5.02 Å². The fourth-order valence-electron chi connectivity index (χ4n) is 3.78. The van der Waals surface area contributed by atoms with Crippen LogP contribution in [0.25, 0.3) is 0 Å². The summed E-state index contributed by atoms with van der Waals surface area (Å²) in [7, 11) is 3.24. The van der Waals surface area contributed by atoms with Crippen LogP contribution in [0.3, 0.4) is 0 Å². The fourth-order valence-corrected chi connectivity index (χ4v) is 4.03. The molecule has 0 aromatic heterocycles. The molecular weight excluding hydrogens is 340 g/mol. The Balaban J connectivity index is 1.92. The van der Waals surface area contributed by atoms with Gasteiger partial charge in [0.2, 0.25) is 5.91 Å². The Hall–Kier alpha value is -1.59. The second-order valence-corrected chi connectivity index (χ2v) is 7.75. The van der Waals surface area contributed by atoms with Gasteiger partial charge in [0.15, 0.2) is 0 Å². The van der Waals surface area contributed by atoms with Crippen molar-refractivity contribution in [3.05, 3.63) is 34.9 Å². The highest BCUT2D eigenvalue weighted by molar-refractivity contribution is 6.31. The van der Waals surface area contributed by atoms with Crippen LogP contribution in [0.15, 0.2) is 24.3 Å². The molecule has 6 heteroatoms. The zero-order valence-electron chi connectivity index (χ0n) is 14.9. The molecule has 1 saturated heterocycles. The van der Waals surface area contributed by atoms with Gasteiger partial charge in [-0.1, -0.05) is 29.8 Å². The molecule has 25 heavy (non-hydrogen) atoms. The smallest absolute Gasteiger partial charge is 0.326 e. The van der Waals surface area contributed by atoms with Crippen LogP contribution < -0.4 is 5.32 Å². The topological polar surface area (TPSA) is 58.6 Å². The first-order valence-electron chi connectivity index (χ1n) is 8.72. The number of esters is 1. The molecule has 1 aromatic rings. The Bertz CT molecular complexity index is 676. The largest absolute Gasteiger partial charge is 0.468 e. The quantitative estimate of drug-likeness (QED) is 0.816. The summed E-state index contributed by atoms with van der Waals surface area (Å²) in [4.78, 5) is 27.2. The van der Waals surface area contributed by atoms with E-state index in [1.165, 1.54) is 20.0 Å². The molecule has 0 radical (unpaired) electrons. The van der Waals surface area contributed by atoms with Crippen molar-refractivity contribution in [3.8, 4) is 0 Å². The van der Waals surface area contributed by atoms with Crippen LogP contribution in [0.5, 0.6) is 0 Å². The summed E-state index contributed by atoms with van der Waals surface area (Å²) in [5.74, 6) is -0.0950. The highest BCUT2D eigenvalue weighted by atomic mass is 35.5. The highest BCUT2D eigenvalue weighted by Crippen LogP contribution is 2.47. The van der Waals surface area contributed by atoms with E-state index in [0.717, 1.165) is 5.56 Å². The van der Waals surface area contributed by atoms with Gasteiger partial charge >= 0.3 is 5.97 Å². The second-order valence-electron chi connectivity index (χ2n) is 7.34. The number of halogens is 1. The number of nitrogens with one attached hydrogen (secondary N) is 1. The molecule has 136 valence electrons. The number of hydrogen-bond acceptors (Lipinski definition) is 4. The zero-order chi connectivity index (χ0) is 18.2. The van der Waals surface area contributed by atoms with Gasteiger partial charge < -0.3 is 10.1 Å². The number of hydrogen-bond donors (Lipinski definition) is 1. The lowest BCUT2D eigenvalue weighted by molar-refractivity contribution is -0.152. The van der Waals surface area contributed by atoms with E-state index < -0.39 is 5.54 Å². The standard InChI is InChI=1S/C19H25ClN2O3/c1-19(18(24)25-3)10-14(17(23)21-11-12-8-9-12)16(22(19)2)13-6-4-5-7-15(13)20/h4-7,12,14,16H,8-11H2,1-3H3,(H,21,23)/t14-,16-,19-/m1/s1. The van der Waals surface area contributed by atoms with Crippen LogP contribution in [-0.2, 0) is 14.3 Å². The third kappa shape index (κ3) is 3.40. The van der Waals surface area contributed by atoms with E-state index in [1.807, 2.05) is 43.1 Å². The number of likely N-dealkylation sites (N-methyl/N-ethyl adjacent to an activating group) is 1. The molecule has 0 unspecified atom stereocenters. The lowest BCUT2D eigenvalue weighted by Gasteiger charge is -2.33. The van der Waals surface area contributed by atoms with Crippen molar-refractivity contribution in [2.45, 2.75) is 37.8 Å². The third-order valence-electron chi connectivity index (χ3n) is 5.64. The van der Waals surface area contributed by atoms with Gasteiger partial charge in [0.05, 0.1) is 13.0 Å². The maximum Gasteiger partial charge on any atom is 0.326 e. The summed E-state index contributed by atoms with van der Waals surface area (Å²) < 4.78 is 5.01. The van der Waals surface area contributed by atoms with Gasteiger partial charge in [0, 0.05) is 17.6 Å². The van der Waals surface area contributed by atoms with Crippen molar-refractivity contribution < 1.29 is 14.3 Å². The van der Waals surface area contributed by atoms with Crippen LogP contribution >= 0.6 is 11.6 Å². The Morgan fingerprint density at radius 3 is 2.64 bits per heavy atom. The van der Waals surface area contributed by atoms with Gasteiger partial charge in [-0.25, -0.2) is 0 Å². The number of amides is 1. The first-order valence-corrected chi connectivity index (χ1v) is 9.09. The first-order chi connectivity index (χ1) is 11.9. The zero-order valence-corrected chi connectivity index (χ0v) is 15.7. The molecule has 1 amide bonds. The molecule has 5 nitrogen and oxygen atoms in total. The van der Waals surface area contributed by atoms with Crippen molar-refractivity contribution in [3.63, 3.8) is 0 Å². The second kappa shape index (κ2) is 6.96. The Kier molecular flexibility index (Phi) is 5.07. The summed E-state index contributed by atoms with van der Waals surface area (Å²) in [6.07, 6.45) is 2.76. The van der Waals surface area contributed by atoms with Gasteiger partial charge in [-0.05, 0) is 50.8 Å². The van der Waals surface area contributed by atoms with E-state index in [4.69, 9.17) is 16.3 Å². The predicted octanol–water partition coefficient (Wildman–Crippen LogP) is 2.79. The molecule has 1 N–H and O–H groups in total. The Morgan fingerprint density at radius 2 is 2.04 bits per heavy atom. The first kappa shape index (κ1) is 18.2. The van der Waals surface area contributed by atoms with E-state index >= 15 is 0 Å². The van der Waals surface area contributed by atoms with E-state index in [0.29, 0.717) is 23.9 Å². The molecule has 0 spiro atoms. The normalized spacial score (nSPS) is 29.4. The lowest BCUT2D eigenvalue weighted by atomic mass is 9.89. The number of carbonyl (C=O) groups is 2.